The van der Waals surface area contributed by atoms with Crippen molar-refractivity contribution < 1.29 is 14.7 Å². The van der Waals surface area contributed by atoms with Crippen molar-refractivity contribution >= 4 is 23.8 Å². The van der Waals surface area contributed by atoms with Gasteiger partial charge in [0.2, 0.25) is 0 Å². The van der Waals surface area contributed by atoms with Gasteiger partial charge in [0.05, 0.1) is 0 Å². The fraction of sp³-hybridized carbons (Fsp3) is 0.846. The van der Waals surface area contributed by atoms with Crippen molar-refractivity contribution in [1.29, 1.82) is 0 Å². The molecule has 3 rings (SSSR count). The van der Waals surface area contributed by atoms with Gasteiger partial charge in [-0.15, -0.1) is 0 Å². The lowest BCUT2D eigenvalue weighted by Crippen LogP contribution is -2.59. The number of urea groups is 1. The van der Waals surface area contributed by atoms with Gasteiger partial charge in [0.25, 0.3) is 0 Å². The molecule has 3 saturated heterocycles. The molecule has 114 valence electrons. The Kier molecular flexibility index (Phi) is 5.54. The van der Waals surface area contributed by atoms with Crippen molar-refractivity contribution in [2.45, 2.75) is 31.3 Å². The van der Waals surface area contributed by atoms with Crippen LogP contribution in [0.2, 0.25) is 0 Å². The first kappa shape index (κ1) is 15.4. The molecule has 3 aliphatic rings. The molecule has 20 heavy (non-hydrogen) atoms. The Hall–Kier alpha value is -0.950. The zero-order chi connectivity index (χ0) is 14.5. The van der Waals surface area contributed by atoms with Crippen LogP contribution < -0.4 is 10.6 Å². The molecule has 0 aromatic carbocycles. The molecule has 0 aromatic rings. The van der Waals surface area contributed by atoms with Crippen molar-refractivity contribution in [1.82, 2.24) is 15.5 Å². The fourth-order valence-corrected chi connectivity index (χ4v) is 3.46. The van der Waals surface area contributed by atoms with E-state index in [2.05, 4.69) is 15.5 Å². The normalized spacial score (nSPS) is 29.8. The maximum atomic E-state index is 12.0. The van der Waals surface area contributed by atoms with Gasteiger partial charge < -0.3 is 20.6 Å². The number of aliphatic carboxylic acids is 1. The third-order valence-corrected chi connectivity index (χ3v) is 4.83. The van der Waals surface area contributed by atoms with Gasteiger partial charge in [0.15, 0.2) is 0 Å². The minimum Gasteiger partial charge on any atom is -0.480 e. The molecule has 3 N–H and O–H groups in total. The summed E-state index contributed by atoms with van der Waals surface area (Å²) in [7, 11) is 0. The van der Waals surface area contributed by atoms with Crippen LogP contribution in [0.1, 0.15) is 19.3 Å². The van der Waals surface area contributed by atoms with Crippen LogP contribution in [0.3, 0.4) is 0 Å². The molecular weight excluding hydrogens is 278 g/mol. The highest BCUT2D eigenvalue weighted by atomic mass is 32.2. The maximum Gasteiger partial charge on any atom is 0.326 e. The highest BCUT2D eigenvalue weighted by Crippen LogP contribution is 2.27. The number of rotatable bonds is 6. The summed E-state index contributed by atoms with van der Waals surface area (Å²) in [6.07, 6.45) is 4.62. The molecule has 2 atom stereocenters. The molecule has 3 heterocycles. The molecule has 0 radical (unpaired) electrons. The SMILES string of the molecule is CSCCC(NC(=O)NC1CN2CCC1CC2)C(=O)O. The van der Waals surface area contributed by atoms with Gasteiger partial charge in [-0.25, -0.2) is 9.59 Å². The van der Waals surface area contributed by atoms with Crippen molar-refractivity contribution in [2.75, 3.05) is 31.6 Å². The summed E-state index contributed by atoms with van der Waals surface area (Å²) in [5.41, 5.74) is 0. The molecule has 0 aromatic heterocycles. The summed E-state index contributed by atoms with van der Waals surface area (Å²) in [6.45, 7) is 3.13. The molecule has 3 fully saturated rings. The minimum absolute atomic E-state index is 0.160. The van der Waals surface area contributed by atoms with Crippen LogP contribution >= 0.6 is 11.8 Å². The van der Waals surface area contributed by atoms with Gasteiger partial charge >= 0.3 is 12.0 Å². The molecular formula is C13H23N3O3S. The van der Waals surface area contributed by atoms with E-state index in [9.17, 15) is 9.59 Å². The molecule has 3 aliphatic heterocycles. The zero-order valence-electron chi connectivity index (χ0n) is 11.8. The van der Waals surface area contributed by atoms with E-state index in [1.807, 2.05) is 6.26 Å². The molecule has 2 amide bonds. The van der Waals surface area contributed by atoms with Crippen molar-refractivity contribution in [3.05, 3.63) is 0 Å². The summed E-state index contributed by atoms with van der Waals surface area (Å²) in [5, 5.41) is 14.6. The van der Waals surface area contributed by atoms with Crippen molar-refractivity contribution in [2.24, 2.45) is 5.92 Å². The molecule has 0 spiro atoms. The third-order valence-electron chi connectivity index (χ3n) is 4.19. The van der Waals surface area contributed by atoms with Crippen LogP contribution in [-0.2, 0) is 4.79 Å². The monoisotopic (exact) mass is 301 g/mol. The van der Waals surface area contributed by atoms with E-state index in [4.69, 9.17) is 5.11 Å². The summed E-state index contributed by atoms with van der Waals surface area (Å²) in [6, 6.07) is -0.992. The van der Waals surface area contributed by atoms with Crippen LogP contribution in [0, 0.1) is 5.92 Å². The van der Waals surface area contributed by atoms with Gasteiger partial charge in [-0.05, 0) is 50.3 Å². The zero-order valence-corrected chi connectivity index (χ0v) is 12.6. The Balaban J connectivity index is 1.80. The number of carbonyl (C=O) groups is 2. The Bertz CT molecular complexity index is 359. The fourth-order valence-electron chi connectivity index (χ4n) is 2.99. The average molecular weight is 301 g/mol. The first-order chi connectivity index (χ1) is 9.60. The number of hydrogen-bond acceptors (Lipinski definition) is 4. The van der Waals surface area contributed by atoms with Crippen LogP contribution in [0.15, 0.2) is 0 Å². The largest absolute Gasteiger partial charge is 0.480 e. The number of nitrogens with zero attached hydrogens (tertiary/aromatic N) is 1. The number of hydrogen-bond donors (Lipinski definition) is 3. The standard InChI is InChI=1S/C13H23N3O3S/c1-20-7-4-10(12(17)18)14-13(19)15-11-8-16-5-2-9(11)3-6-16/h9-11H,2-8H2,1H3,(H,17,18)(H2,14,15,19). The van der Waals surface area contributed by atoms with Crippen molar-refractivity contribution in [3.8, 4) is 0 Å². The quantitative estimate of drug-likeness (QED) is 0.669. The maximum absolute atomic E-state index is 12.0. The Labute approximate surface area is 123 Å². The first-order valence-corrected chi connectivity index (χ1v) is 8.50. The average Bonchev–Trinajstić information content (AvgIpc) is 2.44. The minimum atomic E-state index is -0.969. The second-order valence-electron chi connectivity index (χ2n) is 5.53. The van der Waals surface area contributed by atoms with Gasteiger partial charge in [0, 0.05) is 12.6 Å². The van der Waals surface area contributed by atoms with Crippen LogP contribution in [0.4, 0.5) is 4.79 Å². The lowest BCUT2D eigenvalue weighted by Gasteiger charge is -2.44. The predicted molar refractivity (Wildman–Crippen MR) is 79.0 cm³/mol. The summed E-state index contributed by atoms with van der Waals surface area (Å²) >= 11 is 1.58. The number of thioether (sulfide) groups is 1. The van der Waals surface area contributed by atoms with Gasteiger partial charge in [0.1, 0.15) is 6.04 Å². The molecule has 7 heteroatoms. The molecule has 2 unspecified atom stereocenters. The van der Waals surface area contributed by atoms with Gasteiger partial charge in [-0.1, -0.05) is 0 Å². The van der Waals surface area contributed by atoms with Crippen LogP contribution in [0.25, 0.3) is 0 Å². The number of carbonyl (C=O) groups excluding carboxylic acids is 1. The first-order valence-electron chi connectivity index (χ1n) is 7.11. The highest BCUT2D eigenvalue weighted by Gasteiger charge is 2.35. The van der Waals surface area contributed by atoms with E-state index in [-0.39, 0.29) is 12.1 Å². The third kappa shape index (κ3) is 4.02. The molecule has 6 nitrogen and oxygen atoms in total. The summed E-state index contributed by atoms with van der Waals surface area (Å²) < 4.78 is 0. The predicted octanol–water partition coefficient (Wildman–Crippen LogP) is 0.586. The number of carboxylic acid groups (broad SMARTS) is 1. The summed E-state index contributed by atoms with van der Waals surface area (Å²) in [4.78, 5) is 25.4. The second-order valence-corrected chi connectivity index (χ2v) is 6.52. The Morgan fingerprint density at radius 2 is 2.10 bits per heavy atom. The van der Waals surface area contributed by atoms with E-state index in [0.29, 0.717) is 12.3 Å². The van der Waals surface area contributed by atoms with Crippen LogP contribution in [-0.4, -0.2) is 65.7 Å². The molecule has 0 aliphatic carbocycles. The van der Waals surface area contributed by atoms with E-state index in [1.54, 1.807) is 11.8 Å². The van der Waals surface area contributed by atoms with E-state index in [1.165, 1.54) is 0 Å². The van der Waals surface area contributed by atoms with E-state index >= 15 is 0 Å². The Morgan fingerprint density at radius 3 is 2.60 bits per heavy atom. The smallest absolute Gasteiger partial charge is 0.326 e. The second kappa shape index (κ2) is 7.17. The number of fused-ring (bicyclic) bond motifs is 3. The lowest BCUT2D eigenvalue weighted by atomic mass is 9.84. The highest BCUT2D eigenvalue weighted by molar-refractivity contribution is 7.98. The van der Waals surface area contributed by atoms with E-state index in [0.717, 1.165) is 38.2 Å². The lowest BCUT2D eigenvalue weighted by molar-refractivity contribution is -0.139. The van der Waals surface area contributed by atoms with Crippen LogP contribution in [0.5, 0.6) is 0 Å². The number of carboxylic acids is 1. The molecule has 2 bridgehead atoms. The summed E-state index contributed by atoms with van der Waals surface area (Å²) in [5.74, 6) is 0.292. The van der Waals surface area contributed by atoms with Gasteiger partial charge in [-0.2, -0.15) is 11.8 Å². The topological polar surface area (TPSA) is 81.7 Å². The Morgan fingerprint density at radius 1 is 1.40 bits per heavy atom. The van der Waals surface area contributed by atoms with Crippen molar-refractivity contribution in [3.63, 3.8) is 0 Å². The number of nitrogens with one attached hydrogen (secondary N) is 2. The van der Waals surface area contributed by atoms with Gasteiger partial charge in [-0.3, -0.25) is 0 Å². The number of piperidine rings is 3. The van der Waals surface area contributed by atoms with E-state index < -0.39 is 12.0 Å². The number of amides is 2. The molecule has 0 saturated carbocycles.